The molecule has 0 spiro atoms. The highest BCUT2D eigenvalue weighted by Gasteiger charge is 1.97. The van der Waals surface area contributed by atoms with Crippen molar-refractivity contribution in [3.63, 3.8) is 0 Å². The average molecular weight is 213 g/mol. The van der Waals surface area contributed by atoms with Crippen LogP contribution in [-0.4, -0.2) is 6.61 Å². The predicted octanol–water partition coefficient (Wildman–Crippen LogP) is 3.68. The van der Waals surface area contributed by atoms with Crippen molar-refractivity contribution in [3.8, 4) is 17.2 Å². The Kier molecular flexibility index (Phi) is 3.44. The van der Waals surface area contributed by atoms with Crippen molar-refractivity contribution in [2.75, 3.05) is 6.61 Å². The van der Waals surface area contributed by atoms with Crippen molar-refractivity contribution in [2.24, 2.45) is 0 Å². The molecule has 2 rings (SSSR count). The van der Waals surface area contributed by atoms with E-state index in [-0.39, 0.29) is 0 Å². The summed E-state index contributed by atoms with van der Waals surface area (Å²) < 4.78 is 11.0. The van der Waals surface area contributed by atoms with Crippen molar-refractivity contribution in [1.82, 2.24) is 0 Å². The zero-order chi connectivity index (χ0) is 11.2. The first-order chi connectivity index (χ1) is 7.88. The maximum Gasteiger partial charge on any atom is 0.127 e. The topological polar surface area (TPSA) is 18.5 Å². The lowest BCUT2D eigenvalue weighted by Crippen LogP contribution is -1.90. The molecule has 0 aliphatic heterocycles. The molecule has 2 heteroatoms. The molecule has 0 atom stereocenters. The summed E-state index contributed by atoms with van der Waals surface area (Å²) >= 11 is 0. The third kappa shape index (κ3) is 2.76. The van der Waals surface area contributed by atoms with Crippen LogP contribution in [0.5, 0.6) is 17.2 Å². The highest BCUT2D eigenvalue weighted by atomic mass is 16.5. The highest BCUT2D eigenvalue weighted by Crippen LogP contribution is 2.23. The van der Waals surface area contributed by atoms with Gasteiger partial charge in [0.1, 0.15) is 17.2 Å². The van der Waals surface area contributed by atoms with Crippen molar-refractivity contribution in [2.45, 2.75) is 6.92 Å². The van der Waals surface area contributed by atoms with Gasteiger partial charge in [-0.15, -0.1) is 0 Å². The van der Waals surface area contributed by atoms with Crippen LogP contribution in [0.3, 0.4) is 0 Å². The van der Waals surface area contributed by atoms with Gasteiger partial charge in [-0.1, -0.05) is 12.1 Å². The fourth-order valence-electron chi connectivity index (χ4n) is 1.35. The fraction of sp³-hybridized carbons (Fsp3) is 0.143. The fourth-order valence-corrected chi connectivity index (χ4v) is 1.35. The minimum absolute atomic E-state index is 0.675. The van der Waals surface area contributed by atoms with E-state index in [4.69, 9.17) is 9.47 Å². The smallest absolute Gasteiger partial charge is 0.127 e. The van der Waals surface area contributed by atoms with E-state index in [1.54, 1.807) is 0 Å². The number of ether oxygens (including phenoxy) is 2. The van der Waals surface area contributed by atoms with Gasteiger partial charge in [0, 0.05) is 0 Å². The lowest BCUT2D eigenvalue weighted by atomic mass is 10.3. The minimum Gasteiger partial charge on any atom is -0.494 e. The monoisotopic (exact) mass is 213 g/mol. The van der Waals surface area contributed by atoms with E-state index < -0.39 is 0 Å². The predicted molar refractivity (Wildman–Crippen MR) is 63.0 cm³/mol. The second kappa shape index (κ2) is 5.21. The van der Waals surface area contributed by atoms with E-state index in [2.05, 4.69) is 6.07 Å². The quantitative estimate of drug-likeness (QED) is 0.771. The van der Waals surface area contributed by atoms with Crippen LogP contribution in [0.1, 0.15) is 6.92 Å². The summed E-state index contributed by atoms with van der Waals surface area (Å²) in [6.45, 7) is 2.64. The molecule has 2 aromatic rings. The summed E-state index contributed by atoms with van der Waals surface area (Å²) in [7, 11) is 0. The van der Waals surface area contributed by atoms with Gasteiger partial charge >= 0.3 is 0 Å². The van der Waals surface area contributed by atoms with Crippen LogP contribution in [0.15, 0.2) is 48.5 Å². The second-order valence-electron chi connectivity index (χ2n) is 3.24. The molecule has 2 nitrogen and oxygen atoms in total. The van der Waals surface area contributed by atoms with Crippen LogP contribution >= 0.6 is 0 Å². The normalized spacial score (nSPS) is 9.81. The molecule has 0 saturated heterocycles. The molecule has 0 N–H and O–H groups in total. The van der Waals surface area contributed by atoms with E-state index in [9.17, 15) is 0 Å². The molecular weight excluding hydrogens is 200 g/mol. The Labute approximate surface area is 95.4 Å². The molecular formula is C14H13O2. The van der Waals surface area contributed by atoms with Crippen LogP contribution in [0.4, 0.5) is 0 Å². The first-order valence-corrected chi connectivity index (χ1v) is 5.25. The zero-order valence-electron chi connectivity index (χ0n) is 9.14. The maximum atomic E-state index is 5.64. The van der Waals surface area contributed by atoms with E-state index in [0.717, 1.165) is 17.2 Å². The summed E-state index contributed by atoms with van der Waals surface area (Å²) in [5, 5.41) is 0. The molecule has 16 heavy (non-hydrogen) atoms. The third-order valence-corrected chi connectivity index (χ3v) is 2.06. The van der Waals surface area contributed by atoms with E-state index >= 15 is 0 Å². The van der Waals surface area contributed by atoms with Crippen LogP contribution in [0, 0.1) is 6.07 Å². The lowest BCUT2D eigenvalue weighted by Gasteiger charge is -2.06. The minimum atomic E-state index is 0.675. The number of hydrogen-bond donors (Lipinski definition) is 0. The molecule has 81 valence electrons. The van der Waals surface area contributed by atoms with Gasteiger partial charge in [-0.2, -0.15) is 0 Å². The Morgan fingerprint density at radius 1 is 0.875 bits per heavy atom. The van der Waals surface area contributed by atoms with Crippen LogP contribution in [0.2, 0.25) is 0 Å². The molecule has 0 fully saturated rings. The van der Waals surface area contributed by atoms with E-state index in [0.29, 0.717) is 6.61 Å². The van der Waals surface area contributed by atoms with Crippen molar-refractivity contribution >= 4 is 0 Å². The summed E-state index contributed by atoms with van der Waals surface area (Å²) in [4.78, 5) is 0. The summed E-state index contributed by atoms with van der Waals surface area (Å²) in [5.74, 6) is 2.47. The zero-order valence-corrected chi connectivity index (χ0v) is 9.14. The number of rotatable bonds is 4. The van der Waals surface area contributed by atoms with Gasteiger partial charge in [0.05, 0.1) is 6.61 Å². The van der Waals surface area contributed by atoms with Crippen LogP contribution in [0.25, 0.3) is 0 Å². The largest absolute Gasteiger partial charge is 0.494 e. The van der Waals surface area contributed by atoms with Gasteiger partial charge < -0.3 is 9.47 Å². The van der Waals surface area contributed by atoms with Gasteiger partial charge in [0.15, 0.2) is 0 Å². The Balaban J connectivity index is 2.05. The molecule has 1 radical (unpaired) electrons. The molecule has 0 aliphatic carbocycles. The van der Waals surface area contributed by atoms with Gasteiger partial charge in [0.25, 0.3) is 0 Å². The Hall–Kier alpha value is -1.96. The lowest BCUT2D eigenvalue weighted by molar-refractivity contribution is 0.339. The van der Waals surface area contributed by atoms with Gasteiger partial charge in [-0.3, -0.25) is 0 Å². The Bertz CT molecular complexity index is 420. The SMILES string of the molecule is CCOc1ccc(Oc2cc[c]cc2)cc1. The summed E-state index contributed by atoms with van der Waals surface area (Å²) in [6.07, 6.45) is 0. The Morgan fingerprint density at radius 3 is 2.06 bits per heavy atom. The summed E-state index contributed by atoms with van der Waals surface area (Å²) in [5.41, 5.74) is 0. The second-order valence-corrected chi connectivity index (χ2v) is 3.24. The van der Waals surface area contributed by atoms with Gasteiger partial charge in [0.2, 0.25) is 0 Å². The average Bonchev–Trinajstić information content (AvgIpc) is 2.33. The highest BCUT2D eigenvalue weighted by molar-refractivity contribution is 5.35. The van der Waals surface area contributed by atoms with Crippen LogP contribution < -0.4 is 9.47 Å². The first-order valence-electron chi connectivity index (χ1n) is 5.25. The van der Waals surface area contributed by atoms with Gasteiger partial charge in [-0.05, 0) is 49.4 Å². The number of hydrogen-bond acceptors (Lipinski definition) is 2. The van der Waals surface area contributed by atoms with Crippen molar-refractivity contribution in [3.05, 3.63) is 54.6 Å². The third-order valence-electron chi connectivity index (χ3n) is 2.06. The molecule has 0 bridgehead atoms. The molecule has 0 aromatic heterocycles. The molecule has 0 amide bonds. The maximum absolute atomic E-state index is 5.64. The van der Waals surface area contributed by atoms with E-state index in [1.807, 2.05) is 55.5 Å². The van der Waals surface area contributed by atoms with Crippen molar-refractivity contribution < 1.29 is 9.47 Å². The Morgan fingerprint density at radius 2 is 1.44 bits per heavy atom. The molecule has 0 saturated carbocycles. The number of benzene rings is 2. The van der Waals surface area contributed by atoms with Crippen LogP contribution in [-0.2, 0) is 0 Å². The molecule has 0 heterocycles. The molecule has 0 unspecified atom stereocenters. The summed E-state index contributed by atoms with van der Waals surface area (Å²) in [6, 6.07) is 17.9. The molecule has 0 aliphatic rings. The van der Waals surface area contributed by atoms with Gasteiger partial charge in [-0.25, -0.2) is 0 Å². The van der Waals surface area contributed by atoms with E-state index in [1.165, 1.54) is 0 Å². The first kappa shape index (κ1) is 10.6. The standard InChI is InChI=1S/C14H13O2/c1-2-15-12-8-10-14(11-9-12)16-13-6-4-3-5-7-13/h4-11H,2H2,1H3. The molecule has 2 aromatic carbocycles. The van der Waals surface area contributed by atoms with Crippen molar-refractivity contribution in [1.29, 1.82) is 0 Å².